The van der Waals surface area contributed by atoms with E-state index in [2.05, 4.69) is 41.9 Å². The maximum absolute atomic E-state index is 6.30. The molecule has 0 aliphatic carbocycles. The van der Waals surface area contributed by atoms with Crippen LogP contribution in [0.4, 0.5) is 5.82 Å². The van der Waals surface area contributed by atoms with Crippen molar-refractivity contribution in [2.75, 3.05) is 18.8 Å². The number of hydrogen-bond acceptors (Lipinski definition) is 4. The standard InChI is InChI=1S/C22H25N3O/c1-15-6-7-18(16(2)12-15)13-25-11-10-19(14-25)26-20-5-3-4-17-8-9-21(23)24-22(17)20/h3-9,12,19H,10-11,13-14H2,1-2H3,(H2,23,24)/t19-/m0/s1. The number of pyridine rings is 1. The summed E-state index contributed by atoms with van der Waals surface area (Å²) in [4.78, 5) is 6.93. The Balaban J connectivity index is 1.45. The maximum atomic E-state index is 6.30. The minimum absolute atomic E-state index is 0.189. The minimum atomic E-state index is 0.189. The molecule has 134 valence electrons. The van der Waals surface area contributed by atoms with Crippen LogP contribution in [0.5, 0.6) is 5.75 Å². The highest BCUT2D eigenvalue weighted by atomic mass is 16.5. The lowest BCUT2D eigenvalue weighted by atomic mass is 10.1. The molecule has 0 saturated carbocycles. The SMILES string of the molecule is Cc1ccc(CN2CC[C@H](Oc3cccc4ccc(N)nc34)C2)c(C)c1. The van der Waals surface area contributed by atoms with Crippen LogP contribution in [-0.4, -0.2) is 29.1 Å². The number of nitrogens with two attached hydrogens (primary N) is 1. The van der Waals surface area contributed by atoms with Gasteiger partial charge in [-0.3, -0.25) is 4.90 Å². The van der Waals surface area contributed by atoms with Gasteiger partial charge in [0.25, 0.3) is 0 Å². The van der Waals surface area contributed by atoms with Crippen molar-refractivity contribution < 1.29 is 4.74 Å². The number of hydrogen-bond donors (Lipinski definition) is 1. The first-order valence-electron chi connectivity index (χ1n) is 9.19. The number of para-hydroxylation sites is 1. The van der Waals surface area contributed by atoms with E-state index in [0.29, 0.717) is 5.82 Å². The number of rotatable bonds is 4. The van der Waals surface area contributed by atoms with Gasteiger partial charge in [-0.2, -0.15) is 0 Å². The summed E-state index contributed by atoms with van der Waals surface area (Å²) in [6, 6.07) is 16.6. The Bertz CT molecular complexity index is 938. The Morgan fingerprint density at radius 1 is 1.15 bits per heavy atom. The maximum Gasteiger partial charge on any atom is 0.146 e. The third kappa shape index (κ3) is 3.51. The molecule has 1 aromatic heterocycles. The summed E-state index contributed by atoms with van der Waals surface area (Å²) in [5.74, 6) is 1.35. The van der Waals surface area contributed by atoms with Gasteiger partial charge in [0.1, 0.15) is 23.2 Å². The van der Waals surface area contributed by atoms with Crippen LogP contribution in [0.3, 0.4) is 0 Å². The van der Waals surface area contributed by atoms with Gasteiger partial charge in [-0.15, -0.1) is 0 Å². The Morgan fingerprint density at radius 3 is 2.88 bits per heavy atom. The number of aryl methyl sites for hydroxylation is 2. The van der Waals surface area contributed by atoms with Crippen LogP contribution in [0.15, 0.2) is 48.5 Å². The van der Waals surface area contributed by atoms with Crippen LogP contribution < -0.4 is 10.5 Å². The molecule has 2 N–H and O–H groups in total. The highest BCUT2D eigenvalue weighted by Crippen LogP contribution is 2.28. The molecule has 3 aromatic rings. The smallest absolute Gasteiger partial charge is 0.146 e. The number of likely N-dealkylation sites (tertiary alicyclic amines) is 1. The molecule has 26 heavy (non-hydrogen) atoms. The van der Waals surface area contributed by atoms with E-state index < -0.39 is 0 Å². The topological polar surface area (TPSA) is 51.4 Å². The van der Waals surface area contributed by atoms with Gasteiger partial charge >= 0.3 is 0 Å². The summed E-state index contributed by atoms with van der Waals surface area (Å²) in [5.41, 5.74) is 10.8. The predicted octanol–water partition coefficient (Wildman–Crippen LogP) is 4.09. The van der Waals surface area contributed by atoms with Crippen molar-refractivity contribution in [2.24, 2.45) is 0 Å². The van der Waals surface area contributed by atoms with Crippen molar-refractivity contribution in [2.45, 2.75) is 32.9 Å². The van der Waals surface area contributed by atoms with Crippen molar-refractivity contribution in [1.29, 1.82) is 0 Å². The molecule has 2 aromatic carbocycles. The van der Waals surface area contributed by atoms with E-state index in [1.807, 2.05) is 30.3 Å². The zero-order valence-corrected chi connectivity index (χ0v) is 15.4. The second-order valence-corrected chi connectivity index (χ2v) is 7.26. The molecule has 4 nitrogen and oxygen atoms in total. The molecular formula is C22H25N3O. The number of aromatic nitrogens is 1. The number of nitrogen functional groups attached to an aromatic ring is 1. The Labute approximate surface area is 154 Å². The Morgan fingerprint density at radius 2 is 2.04 bits per heavy atom. The van der Waals surface area contributed by atoms with Gasteiger partial charge in [-0.25, -0.2) is 4.98 Å². The average molecular weight is 347 g/mol. The third-order valence-electron chi connectivity index (χ3n) is 5.12. The van der Waals surface area contributed by atoms with Gasteiger partial charge in [0.15, 0.2) is 0 Å². The van der Waals surface area contributed by atoms with Crippen molar-refractivity contribution in [3.8, 4) is 5.75 Å². The van der Waals surface area contributed by atoms with Crippen LogP contribution in [0.1, 0.15) is 23.1 Å². The van der Waals surface area contributed by atoms with Crippen LogP contribution in [-0.2, 0) is 6.54 Å². The summed E-state index contributed by atoms with van der Waals surface area (Å²) in [7, 11) is 0. The van der Waals surface area contributed by atoms with Crippen molar-refractivity contribution >= 4 is 16.7 Å². The second-order valence-electron chi connectivity index (χ2n) is 7.26. The molecule has 1 atom stereocenters. The molecular weight excluding hydrogens is 322 g/mol. The monoisotopic (exact) mass is 347 g/mol. The van der Waals surface area contributed by atoms with Gasteiger partial charge in [0.2, 0.25) is 0 Å². The van der Waals surface area contributed by atoms with E-state index in [9.17, 15) is 0 Å². The highest BCUT2D eigenvalue weighted by Gasteiger charge is 2.25. The van der Waals surface area contributed by atoms with Crippen LogP contribution in [0.2, 0.25) is 0 Å². The van der Waals surface area contributed by atoms with Crippen LogP contribution >= 0.6 is 0 Å². The Hall–Kier alpha value is -2.59. The summed E-state index contributed by atoms with van der Waals surface area (Å²) in [5, 5.41) is 1.06. The van der Waals surface area contributed by atoms with Gasteiger partial charge in [-0.05, 0) is 49.6 Å². The zero-order valence-electron chi connectivity index (χ0n) is 15.4. The fourth-order valence-electron chi connectivity index (χ4n) is 3.71. The predicted molar refractivity (Wildman–Crippen MR) is 106 cm³/mol. The lowest BCUT2D eigenvalue weighted by Gasteiger charge is -2.19. The van der Waals surface area contributed by atoms with Crippen molar-refractivity contribution in [3.63, 3.8) is 0 Å². The first kappa shape index (κ1) is 16.9. The highest BCUT2D eigenvalue weighted by molar-refractivity contribution is 5.85. The lowest BCUT2D eigenvalue weighted by molar-refractivity contribution is 0.200. The third-order valence-corrected chi connectivity index (χ3v) is 5.12. The molecule has 0 amide bonds. The quantitative estimate of drug-likeness (QED) is 0.772. The van der Waals surface area contributed by atoms with Gasteiger partial charge in [0, 0.05) is 25.0 Å². The van der Waals surface area contributed by atoms with E-state index in [1.165, 1.54) is 16.7 Å². The molecule has 1 aliphatic heterocycles. The molecule has 4 heteroatoms. The van der Waals surface area contributed by atoms with E-state index in [0.717, 1.165) is 42.7 Å². The summed E-state index contributed by atoms with van der Waals surface area (Å²) >= 11 is 0. The molecule has 0 radical (unpaired) electrons. The van der Waals surface area contributed by atoms with E-state index >= 15 is 0 Å². The molecule has 0 unspecified atom stereocenters. The summed E-state index contributed by atoms with van der Waals surface area (Å²) in [6.07, 6.45) is 1.22. The van der Waals surface area contributed by atoms with Gasteiger partial charge in [-0.1, -0.05) is 35.9 Å². The zero-order chi connectivity index (χ0) is 18.1. The average Bonchev–Trinajstić information content (AvgIpc) is 3.05. The summed E-state index contributed by atoms with van der Waals surface area (Å²) in [6.45, 7) is 7.30. The normalized spacial score (nSPS) is 17.7. The molecule has 2 heterocycles. The number of anilines is 1. The number of nitrogens with zero attached hydrogens (tertiary/aromatic N) is 2. The van der Waals surface area contributed by atoms with E-state index in [4.69, 9.17) is 10.5 Å². The molecule has 1 fully saturated rings. The first-order valence-corrected chi connectivity index (χ1v) is 9.19. The van der Waals surface area contributed by atoms with Crippen LogP contribution in [0, 0.1) is 13.8 Å². The van der Waals surface area contributed by atoms with Crippen LogP contribution in [0.25, 0.3) is 10.9 Å². The fraction of sp³-hybridized carbons (Fsp3) is 0.318. The molecule has 0 spiro atoms. The van der Waals surface area contributed by atoms with Gasteiger partial charge < -0.3 is 10.5 Å². The molecule has 0 bridgehead atoms. The molecule has 1 aliphatic rings. The molecule has 1 saturated heterocycles. The van der Waals surface area contributed by atoms with Crippen molar-refractivity contribution in [3.05, 3.63) is 65.2 Å². The van der Waals surface area contributed by atoms with E-state index in [1.54, 1.807) is 0 Å². The summed E-state index contributed by atoms with van der Waals surface area (Å²) < 4.78 is 6.30. The Kier molecular flexibility index (Phi) is 4.51. The van der Waals surface area contributed by atoms with E-state index in [-0.39, 0.29) is 6.10 Å². The first-order chi connectivity index (χ1) is 12.6. The van der Waals surface area contributed by atoms with Crippen molar-refractivity contribution in [1.82, 2.24) is 9.88 Å². The number of fused-ring (bicyclic) bond motifs is 1. The second kappa shape index (κ2) is 6.96. The number of ether oxygens (including phenoxy) is 1. The fourth-order valence-corrected chi connectivity index (χ4v) is 3.71. The number of benzene rings is 2. The lowest BCUT2D eigenvalue weighted by Crippen LogP contribution is -2.25. The molecule has 4 rings (SSSR count). The van der Waals surface area contributed by atoms with Gasteiger partial charge in [0.05, 0.1) is 0 Å². The minimum Gasteiger partial charge on any atom is -0.487 e. The largest absolute Gasteiger partial charge is 0.487 e.